The number of nitro groups is 1. The quantitative estimate of drug-likeness (QED) is 0.504. The van der Waals surface area contributed by atoms with Crippen LogP contribution in [0.1, 0.15) is 36.3 Å². The Bertz CT molecular complexity index is 1030. The van der Waals surface area contributed by atoms with Crippen LogP contribution >= 0.6 is 0 Å². The van der Waals surface area contributed by atoms with Crippen molar-refractivity contribution in [1.29, 1.82) is 0 Å². The first-order valence-electron chi connectivity index (χ1n) is 8.81. The van der Waals surface area contributed by atoms with Gasteiger partial charge >= 0.3 is 0 Å². The SMILES string of the molecule is CC1(C)CC(=O)c2c(nn(-c3ccccc3)c2-c2ccc([N+](=O)[O-])cc2)C1. The normalized spacial score (nSPS) is 15.4. The minimum absolute atomic E-state index is 0.0193. The molecule has 0 radical (unpaired) electrons. The Morgan fingerprint density at radius 1 is 1.04 bits per heavy atom. The molecule has 0 saturated heterocycles. The molecule has 6 nitrogen and oxygen atoms in total. The largest absolute Gasteiger partial charge is 0.294 e. The van der Waals surface area contributed by atoms with Crippen LogP contribution in [0.2, 0.25) is 0 Å². The lowest BCUT2D eigenvalue weighted by atomic mass is 9.75. The molecule has 0 unspecified atom stereocenters. The van der Waals surface area contributed by atoms with Crippen LogP contribution in [0.4, 0.5) is 5.69 Å². The number of aromatic nitrogens is 2. The van der Waals surface area contributed by atoms with Crippen molar-refractivity contribution in [1.82, 2.24) is 9.78 Å². The number of fused-ring (bicyclic) bond motifs is 1. The molecule has 0 fully saturated rings. The molecule has 6 heteroatoms. The van der Waals surface area contributed by atoms with Gasteiger partial charge in [0.05, 0.1) is 27.6 Å². The molecule has 0 aliphatic heterocycles. The first-order chi connectivity index (χ1) is 12.9. The van der Waals surface area contributed by atoms with Gasteiger partial charge in [0.15, 0.2) is 5.78 Å². The Hall–Kier alpha value is -3.28. The number of ketones is 1. The highest BCUT2D eigenvalue weighted by atomic mass is 16.6. The number of hydrogen-bond donors (Lipinski definition) is 0. The number of carbonyl (C=O) groups excluding carboxylic acids is 1. The number of benzene rings is 2. The van der Waals surface area contributed by atoms with E-state index in [1.165, 1.54) is 12.1 Å². The monoisotopic (exact) mass is 361 g/mol. The maximum absolute atomic E-state index is 13.0. The zero-order chi connectivity index (χ0) is 19.2. The Morgan fingerprint density at radius 3 is 2.33 bits per heavy atom. The third-order valence-corrected chi connectivity index (χ3v) is 4.87. The van der Waals surface area contributed by atoms with Crippen LogP contribution in [-0.4, -0.2) is 20.5 Å². The zero-order valence-corrected chi connectivity index (χ0v) is 15.2. The first-order valence-corrected chi connectivity index (χ1v) is 8.81. The van der Waals surface area contributed by atoms with Gasteiger partial charge in [-0.05, 0) is 36.1 Å². The second-order valence-corrected chi connectivity index (χ2v) is 7.66. The standard InChI is InChI=1S/C21H19N3O3/c1-21(2)12-17-19(18(25)13-21)20(14-8-10-16(11-9-14)24(26)27)23(22-17)15-6-4-3-5-7-15/h3-11H,12-13H2,1-2H3. The Balaban J connectivity index is 1.95. The van der Waals surface area contributed by atoms with E-state index >= 15 is 0 Å². The highest BCUT2D eigenvalue weighted by Crippen LogP contribution is 2.40. The van der Waals surface area contributed by atoms with E-state index in [2.05, 4.69) is 13.8 Å². The molecule has 4 rings (SSSR count). The minimum Gasteiger partial charge on any atom is -0.294 e. The Labute approximate surface area is 156 Å². The van der Waals surface area contributed by atoms with Crippen LogP contribution in [-0.2, 0) is 6.42 Å². The Kier molecular flexibility index (Phi) is 3.91. The maximum atomic E-state index is 13.0. The van der Waals surface area contributed by atoms with Crippen molar-refractivity contribution in [3.05, 3.63) is 76.0 Å². The predicted octanol–water partition coefficient (Wildman–Crippen LogP) is 4.60. The van der Waals surface area contributed by atoms with Gasteiger partial charge in [-0.2, -0.15) is 5.10 Å². The van der Waals surface area contributed by atoms with E-state index in [-0.39, 0.29) is 16.9 Å². The van der Waals surface area contributed by atoms with E-state index in [4.69, 9.17) is 5.10 Å². The number of nitrogens with zero attached hydrogens (tertiary/aromatic N) is 3. The van der Waals surface area contributed by atoms with E-state index in [9.17, 15) is 14.9 Å². The molecule has 1 aromatic heterocycles. The summed E-state index contributed by atoms with van der Waals surface area (Å²) in [5.74, 6) is 0.0665. The van der Waals surface area contributed by atoms with Crippen LogP contribution < -0.4 is 0 Å². The zero-order valence-electron chi connectivity index (χ0n) is 15.2. The van der Waals surface area contributed by atoms with Crippen molar-refractivity contribution >= 4 is 11.5 Å². The summed E-state index contributed by atoms with van der Waals surface area (Å²) in [5, 5.41) is 15.7. The van der Waals surface area contributed by atoms with Gasteiger partial charge in [-0.15, -0.1) is 0 Å². The lowest BCUT2D eigenvalue weighted by Gasteiger charge is -2.27. The van der Waals surface area contributed by atoms with Gasteiger partial charge in [-0.1, -0.05) is 32.0 Å². The topological polar surface area (TPSA) is 78.0 Å². The van der Waals surface area contributed by atoms with E-state index in [1.807, 2.05) is 30.3 Å². The molecule has 0 saturated carbocycles. The molecule has 0 N–H and O–H groups in total. The Morgan fingerprint density at radius 2 is 1.70 bits per heavy atom. The molecule has 1 aliphatic carbocycles. The lowest BCUT2D eigenvalue weighted by Crippen LogP contribution is -2.26. The molecule has 27 heavy (non-hydrogen) atoms. The first kappa shape index (κ1) is 17.1. The summed E-state index contributed by atoms with van der Waals surface area (Å²) in [6.45, 7) is 4.14. The molecule has 136 valence electrons. The van der Waals surface area contributed by atoms with E-state index < -0.39 is 4.92 Å². The number of carbonyl (C=O) groups is 1. The molecule has 0 spiro atoms. The van der Waals surface area contributed by atoms with Gasteiger partial charge in [0.1, 0.15) is 0 Å². The highest BCUT2D eigenvalue weighted by molar-refractivity contribution is 6.04. The highest BCUT2D eigenvalue weighted by Gasteiger charge is 2.36. The number of hydrogen-bond acceptors (Lipinski definition) is 4. The van der Waals surface area contributed by atoms with Gasteiger partial charge in [0.25, 0.3) is 5.69 Å². The van der Waals surface area contributed by atoms with Crippen LogP contribution in [0.25, 0.3) is 16.9 Å². The van der Waals surface area contributed by atoms with Crippen molar-refractivity contribution in [3.8, 4) is 16.9 Å². The van der Waals surface area contributed by atoms with Crippen molar-refractivity contribution in [3.63, 3.8) is 0 Å². The van der Waals surface area contributed by atoms with Crippen molar-refractivity contribution in [2.75, 3.05) is 0 Å². The van der Waals surface area contributed by atoms with Crippen LogP contribution in [0.15, 0.2) is 54.6 Å². The lowest BCUT2D eigenvalue weighted by molar-refractivity contribution is -0.384. The fraction of sp³-hybridized carbons (Fsp3) is 0.238. The van der Waals surface area contributed by atoms with Gasteiger partial charge in [0, 0.05) is 24.1 Å². The van der Waals surface area contributed by atoms with E-state index in [1.54, 1.807) is 16.8 Å². The van der Waals surface area contributed by atoms with Crippen LogP contribution in [0, 0.1) is 15.5 Å². The number of para-hydroxylation sites is 1. The van der Waals surface area contributed by atoms with E-state index in [0.717, 1.165) is 16.9 Å². The summed E-state index contributed by atoms with van der Waals surface area (Å²) in [7, 11) is 0. The summed E-state index contributed by atoms with van der Waals surface area (Å²) < 4.78 is 1.78. The van der Waals surface area contributed by atoms with Crippen molar-refractivity contribution in [2.24, 2.45) is 5.41 Å². The maximum Gasteiger partial charge on any atom is 0.269 e. The second kappa shape index (κ2) is 6.16. The van der Waals surface area contributed by atoms with E-state index in [0.29, 0.717) is 24.1 Å². The summed E-state index contributed by atoms with van der Waals surface area (Å²) in [5.41, 5.74) is 3.60. The number of rotatable bonds is 3. The number of Topliss-reactive ketones (excluding diaryl/α,β-unsaturated/α-hetero) is 1. The van der Waals surface area contributed by atoms with Gasteiger partial charge in [0.2, 0.25) is 0 Å². The van der Waals surface area contributed by atoms with Crippen LogP contribution in [0.5, 0.6) is 0 Å². The van der Waals surface area contributed by atoms with Gasteiger partial charge < -0.3 is 0 Å². The van der Waals surface area contributed by atoms with Crippen molar-refractivity contribution < 1.29 is 9.72 Å². The number of nitro benzene ring substituents is 1. The molecule has 3 aromatic rings. The van der Waals surface area contributed by atoms with Gasteiger partial charge in [-0.25, -0.2) is 4.68 Å². The molecular formula is C21H19N3O3. The molecule has 1 heterocycles. The van der Waals surface area contributed by atoms with Gasteiger partial charge in [-0.3, -0.25) is 14.9 Å². The second-order valence-electron chi connectivity index (χ2n) is 7.66. The molecule has 0 atom stereocenters. The molecule has 0 amide bonds. The third kappa shape index (κ3) is 3.03. The number of non-ortho nitro benzene ring substituents is 1. The molecule has 0 bridgehead atoms. The fourth-order valence-corrected chi connectivity index (χ4v) is 3.68. The smallest absolute Gasteiger partial charge is 0.269 e. The summed E-state index contributed by atoms with van der Waals surface area (Å²) in [6, 6.07) is 15.9. The third-order valence-electron chi connectivity index (χ3n) is 4.87. The average Bonchev–Trinajstić information content (AvgIpc) is 3.01. The summed E-state index contributed by atoms with van der Waals surface area (Å²) in [4.78, 5) is 23.5. The van der Waals surface area contributed by atoms with Crippen molar-refractivity contribution in [2.45, 2.75) is 26.7 Å². The minimum atomic E-state index is -0.429. The molecule has 2 aromatic carbocycles. The average molecular weight is 361 g/mol. The summed E-state index contributed by atoms with van der Waals surface area (Å²) >= 11 is 0. The molecular weight excluding hydrogens is 342 g/mol. The summed E-state index contributed by atoms with van der Waals surface area (Å²) in [6.07, 6.45) is 1.17. The molecule has 1 aliphatic rings. The fourth-order valence-electron chi connectivity index (χ4n) is 3.68. The van der Waals surface area contributed by atoms with Crippen LogP contribution in [0.3, 0.4) is 0 Å². The predicted molar refractivity (Wildman–Crippen MR) is 102 cm³/mol.